The molecule has 0 atom stereocenters. The Morgan fingerprint density at radius 3 is 2.41 bits per heavy atom. The van der Waals surface area contributed by atoms with Crippen LogP contribution < -0.4 is 0 Å². The van der Waals surface area contributed by atoms with Crippen LogP contribution in [-0.4, -0.2) is 46.7 Å². The summed E-state index contributed by atoms with van der Waals surface area (Å²) in [4.78, 5) is 25.5. The van der Waals surface area contributed by atoms with Gasteiger partial charge in [0.2, 0.25) is 0 Å². The highest BCUT2D eigenvalue weighted by Gasteiger charge is 2.56. The Hall–Kier alpha value is -4.50. The number of esters is 1. The first-order valence-electron chi connectivity index (χ1n) is 16.1. The Bertz CT molecular complexity index is 1930. The summed E-state index contributed by atoms with van der Waals surface area (Å²) in [6.07, 6.45) is 6.68. The quantitative estimate of drug-likeness (QED) is 0.181. The molecule has 5 aromatic rings. The van der Waals surface area contributed by atoms with Crippen molar-refractivity contribution < 1.29 is 28.2 Å². The highest BCUT2D eigenvalue weighted by Crippen LogP contribution is 2.65. The van der Waals surface area contributed by atoms with E-state index in [0.717, 1.165) is 66.1 Å². The fourth-order valence-corrected chi connectivity index (χ4v) is 8.29. The van der Waals surface area contributed by atoms with Crippen molar-refractivity contribution in [1.29, 1.82) is 0 Å². The first-order valence-corrected chi connectivity index (χ1v) is 16.1. The molecule has 0 N–H and O–H groups in total. The molecule has 1 aliphatic heterocycles. The lowest BCUT2D eigenvalue weighted by atomic mass is 9.47. The van der Waals surface area contributed by atoms with Crippen molar-refractivity contribution in [2.24, 2.45) is 11.3 Å². The zero-order valence-corrected chi connectivity index (χ0v) is 25.8. The average molecular weight is 622 g/mol. The highest BCUT2D eigenvalue weighted by molar-refractivity contribution is 6.01. The second kappa shape index (κ2) is 11.4. The van der Waals surface area contributed by atoms with Crippen molar-refractivity contribution in [3.05, 3.63) is 95.6 Å². The summed E-state index contributed by atoms with van der Waals surface area (Å²) in [7, 11) is 1.46. The Morgan fingerprint density at radius 1 is 0.957 bits per heavy atom. The van der Waals surface area contributed by atoms with Gasteiger partial charge in [-0.1, -0.05) is 30.3 Å². The average Bonchev–Trinajstić information content (AvgIpc) is 3.61. The maximum absolute atomic E-state index is 14.2. The second-order valence-electron chi connectivity index (χ2n) is 13.3. The minimum Gasteiger partial charge on any atom is -0.469 e. The van der Waals surface area contributed by atoms with E-state index in [0.29, 0.717) is 24.6 Å². The second-order valence-corrected chi connectivity index (χ2v) is 13.3. The van der Waals surface area contributed by atoms with Crippen molar-refractivity contribution in [1.82, 2.24) is 14.3 Å². The molecule has 3 heterocycles. The molecule has 3 fully saturated rings. The number of nitrogens with zero attached hydrogens (tertiary/aromatic N) is 3. The van der Waals surface area contributed by atoms with Crippen LogP contribution in [-0.2, 0) is 25.6 Å². The van der Waals surface area contributed by atoms with Gasteiger partial charge in [-0.2, -0.15) is 9.78 Å². The van der Waals surface area contributed by atoms with E-state index in [1.807, 2.05) is 42.5 Å². The molecule has 3 aliphatic rings. The molecule has 236 valence electrons. The van der Waals surface area contributed by atoms with Crippen LogP contribution in [0.4, 0.5) is 9.18 Å². The smallest absolute Gasteiger partial charge is 0.435 e. The molecule has 1 spiro atoms. The van der Waals surface area contributed by atoms with Gasteiger partial charge in [-0.25, -0.2) is 9.18 Å². The number of halogens is 1. The molecular formula is C37H36FN3O5. The molecule has 3 aromatic carbocycles. The van der Waals surface area contributed by atoms with E-state index in [9.17, 15) is 14.0 Å². The fourth-order valence-electron chi connectivity index (χ4n) is 8.29. The van der Waals surface area contributed by atoms with Gasteiger partial charge in [0.15, 0.2) is 0 Å². The SMILES string of the molecule is COC(=O)C1CC2(C1)CC(c1c(C3CCOCC3)n(-c3ccc(F)cc3)c3cc4cnn(C(=O)OCc5ccccc5)c4cc13)C2. The highest BCUT2D eigenvalue weighted by atomic mass is 19.1. The largest absolute Gasteiger partial charge is 0.469 e. The molecule has 2 saturated carbocycles. The Morgan fingerprint density at radius 2 is 1.70 bits per heavy atom. The lowest BCUT2D eigenvalue weighted by Crippen LogP contribution is -2.49. The third-order valence-electron chi connectivity index (χ3n) is 10.5. The van der Waals surface area contributed by atoms with E-state index in [1.165, 1.54) is 35.2 Å². The van der Waals surface area contributed by atoms with Gasteiger partial charge in [0.1, 0.15) is 12.4 Å². The van der Waals surface area contributed by atoms with Crippen LogP contribution in [0.25, 0.3) is 27.5 Å². The van der Waals surface area contributed by atoms with E-state index in [4.69, 9.17) is 14.2 Å². The topological polar surface area (TPSA) is 84.6 Å². The molecule has 0 amide bonds. The van der Waals surface area contributed by atoms with Gasteiger partial charge in [-0.05, 0) is 97.4 Å². The molecule has 9 heteroatoms. The van der Waals surface area contributed by atoms with Crippen LogP contribution >= 0.6 is 0 Å². The standard InChI is InChI=1S/C37H36FN3O5/c1-44-35(42)27-19-37(20-27)17-26(18-37)33-30-16-31-25(21-39-41(31)36(43)46-22-23-5-3-2-4-6-23)15-32(30)40(29-9-7-28(38)8-10-29)34(33)24-11-13-45-14-12-24/h2-10,15-16,21,24,26-27H,11-14,17-20,22H2,1H3. The van der Waals surface area contributed by atoms with E-state index in [2.05, 4.69) is 21.8 Å². The van der Waals surface area contributed by atoms with Gasteiger partial charge in [-0.3, -0.25) is 4.79 Å². The monoisotopic (exact) mass is 621 g/mol. The van der Waals surface area contributed by atoms with Crippen molar-refractivity contribution >= 4 is 33.9 Å². The minimum absolute atomic E-state index is 0.0163. The molecule has 46 heavy (non-hydrogen) atoms. The number of benzene rings is 3. The maximum atomic E-state index is 14.2. The first-order chi connectivity index (χ1) is 22.4. The zero-order valence-electron chi connectivity index (χ0n) is 25.8. The summed E-state index contributed by atoms with van der Waals surface area (Å²) in [6.45, 7) is 1.53. The van der Waals surface area contributed by atoms with Gasteiger partial charge < -0.3 is 18.8 Å². The summed E-state index contributed by atoms with van der Waals surface area (Å²) in [5, 5.41) is 6.34. The van der Waals surface area contributed by atoms with Crippen LogP contribution in [0.15, 0.2) is 72.9 Å². The number of methoxy groups -OCH3 is 1. The first kappa shape index (κ1) is 28.9. The van der Waals surface area contributed by atoms with Gasteiger partial charge in [-0.15, -0.1) is 0 Å². The van der Waals surface area contributed by atoms with Crippen LogP contribution in [0.5, 0.6) is 0 Å². The molecule has 0 radical (unpaired) electrons. The van der Waals surface area contributed by atoms with Crippen molar-refractivity contribution in [3.8, 4) is 5.69 Å². The van der Waals surface area contributed by atoms with Gasteiger partial charge in [0, 0.05) is 41.3 Å². The molecular weight excluding hydrogens is 585 g/mol. The number of carbonyl (C=O) groups excluding carboxylic acids is 2. The van der Waals surface area contributed by atoms with Gasteiger partial charge in [0.25, 0.3) is 0 Å². The molecule has 8 rings (SSSR count). The zero-order chi connectivity index (χ0) is 31.4. The molecule has 0 unspecified atom stereocenters. The molecule has 8 nitrogen and oxygen atoms in total. The summed E-state index contributed by atoms with van der Waals surface area (Å²) in [5.41, 5.74) is 6.18. The predicted molar refractivity (Wildman–Crippen MR) is 170 cm³/mol. The van der Waals surface area contributed by atoms with Crippen molar-refractivity contribution in [3.63, 3.8) is 0 Å². The molecule has 1 saturated heterocycles. The number of fused-ring (bicyclic) bond motifs is 2. The maximum Gasteiger partial charge on any atom is 0.435 e. The number of aromatic nitrogens is 3. The summed E-state index contributed by atoms with van der Waals surface area (Å²) in [5.74, 6) is 0.144. The summed E-state index contributed by atoms with van der Waals surface area (Å²) < 4.78 is 34.3. The third kappa shape index (κ3) is 4.88. The van der Waals surface area contributed by atoms with E-state index < -0.39 is 6.09 Å². The van der Waals surface area contributed by atoms with Gasteiger partial charge >= 0.3 is 12.1 Å². The number of hydrogen-bond acceptors (Lipinski definition) is 6. The fraction of sp³-hybridized carbons (Fsp3) is 0.378. The van der Waals surface area contributed by atoms with Gasteiger partial charge in [0.05, 0.1) is 30.3 Å². The minimum atomic E-state index is -0.534. The number of rotatable bonds is 6. The Balaban J connectivity index is 1.25. The van der Waals surface area contributed by atoms with E-state index >= 15 is 0 Å². The lowest BCUT2D eigenvalue weighted by molar-refractivity contribution is -0.159. The van der Waals surface area contributed by atoms with Crippen LogP contribution in [0, 0.1) is 17.2 Å². The number of hydrogen-bond donors (Lipinski definition) is 0. The third-order valence-corrected chi connectivity index (χ3v) is 10.5. The van der Waals surface area contributed by atoms with Crippen LogP contribution in [0.2, 0.25) is 0 Å². The van der Waals surface area contributed by atoms with Crippen LogP contribution in [0.3, 0.4) is 0 Å². The summed E-state index contributed by atoms with van der Waals surface area (Å²) >= 11 is 0. The Labute approximate surface area is 266 Å². The predicted octanol–water partition coefficient (Wildman–Crippen LogP) is 7.65. The normalized spacial score (nSPS) is 22.9. The van der Waals surface area contributed by atoms with E-state index in [1.54, 1.807) is 6.20 Å². The summed E-state index contributed by atoms with van der Waals surface area (Å²) in [6, 6.07) is 20.5. The van der Waals surface area contributed by atoms with Crippen LogP contribution in [0.1, 0.15) is 67.2 Å². The molecule has 2 aromatic heterocycles. The van der Waals surface area contributed by atoms with Crippen molar-refractivity contribution in [2.75, 3.05) is 20.3 Å². The lowest BCUT2D eigenvalue weighted by Gasteiger charge is -2.57. The molecule has 2 aliphatic carbocycles. The molecule has 0 bridgehead atoms. The number of carbonyl (C=O) groups is 2. The van der Waals surface area contributed by atoms with E-state index in [-0.39, 0.29) is 35.6 Å². The van der Waals surface area contributed by atoms with Crippen molar-refractivity contribution in [2.45, 2.75) is 57.0 Å². The number of ether oxygens (including phenoxy) is 3. The Kier molecular flexibility index (Phi) is 7.16.